The molecule has 0 aromatic heterocycles. The van der Waals surface area contributed by atoms with Crippen molar-refractivity contribution in [1.29, 1.82) is 0 Å². The lowest BCUT2D eigenvalue weighted by molar-refractivity contribution is -0.114. The molecule has 0 spiro atoms. The number of alkyl halides is 3. The highest BCUT2D eigenvalue weighted by Gasteiger charge is 2.46. The first-order valence-corrected chi connectivity index (χ1v) is 9.93. The summed E-state index contributed by atoms with van der Waals surface area (Å²) >= 11 is 0. The van der Waals surface area contributed by atoms with Gasteiger partial charge in [0.15, 0.2) is 17.2 Å². The minimum absolute atomic E-state index is 0.0237. The molecule has 2 aromatic rings. The number of amides is 1. The molecule has 3 rings (SSSR count). The van der Waals surface area contributed by atoms with Crippen LogP contribution in [0.4, 0.5) is 18.9 Å². The minimum Gasteiger partial charge on any atom is -0.493 e. The van der Waals surface area contributed by atoms with E-state index in [2.05, 4.69) is 11.0 Å². The summed E-state index contributed by atoms with van der Waals surface area (Å²) in [5, 5.41) is 4.14. The van der Waals surface area contributed by atoms with Crippen LogP contribution in [0.5, 0.6) is 11.5 Å². The Morgan fingerprint density at radius 3 is 2.47 bits per heavy atom. The van der Waals surface area contributed by atoms with Gasteiger partial charge in [-0.3, -0.25) is 4.79 Å². The predicted molar refractivity (Wildman–Crippen MR) is 119 cm³/mol. The first-order chi connectivity index (χ1) is 16.2. The zero-order valence-electron chi connectivity index (χ0n) is 18.2. The van der Waals surface area contributed by atoms with E-state index < -0.39 is 29.3 Å². The number of esters is 1. The molecule has 2 aromatic carbocycles. The number of rotatable bonds is 7. The number of methoxy groups -OCH3 is 1. The van der Waals surface area contributed by atoms with Gasteiger partial charge in [0.1, 0.15) is 6.61 Å². The van der Waals surface area contributed by atoms with Gasteiger partial charge in [0.2, 0.25) is 0 Å². The lowest BCUT2D eigenvalue weighted by atomic mass is 10.1. The highest BCUT2D eigenvalue weighted by molar-refractivity contribution is 6.34. The first-order valence-electron chi connectivity index (χ1n) is 9.93. The Labute approximate surface area is 193 Å². The summed E-state index contributed by atoms with van der Waals surface area (Å²) in [6.45, 7) is 1.79. The van der Waals surface area contributed by atoms with Crippen LogP contribution in [0.3, 0.4) is 0 Å². The molecule has 7 nitrogen and oxygen atoms in total. The molecule has 0 fully saturated rings. The van der Waals surface area contributed by atoms with Crippen LogP contribution in [-0.2, 0) is 9.53 Å². The molecule has 34 heavy (non-hydrogen) atoms. The summed E-state index contributed by atoms with van der Waals surface area (Å²) < 4.78 is 56.5. The Balaban J connectivity index is 1.97. The molecule has 0 N–H and O–H groups in total. The van der Waals surface area contributed by atoms with Crippen molar-refractivity contribution in [1.82, 2.24) is 0 Å². The maximum atomic E-state index is 13.7. The minimum atomic E-state index is -4.89. The third-order valence-electron chi connectivity index (χ3n) is 4.58. The van der Waals surface area contributed by atoms with E-state index in [9.17, 15) is 22.8 Å². The largest absolute Gasteiger partial charge is 0.493 e. The molecule has 1 aliphatic rings. The highest BCUT2D eigenvalue weighted by Crippen LogP contribution is 2.34. The molecule has 0 bridgehead atoms. The van der Waals surface area contributed by atoms with Gasteiger partial charge in [-0.2, -0.15) is 23.3 Å². The summed E-state index contributed by atoms with van der Waals surface area (Å²) in [4.78, 5) is 24.7. The van der Waals surface area contributed by atoms with Crippen LogP contribution in [0.2, 0.25) is 0 Å². The molecule has 0 saturated carbocycles. The van der Waals surface area contributed by atoms with E-state index in [4.69, 9.17) is 20.6 Å². The summed E-state index contributed by atoms with van der Waals surface area (Å²) in [7, 11) is 1.36. The van der Waals surface area contributed by atoms with Gasteiger partial charge in [-0.05, 0) is 55.0 Å². The van der Waals surface area contributed by atoms with E-state index in [-0.39, 0.29) is 35.8 Å². The average molecular weight is 472 g/mol. The number of nitrogens with zero attached hydrogens (tertiary/aromatic N) is 2. The zero-order valence-corrected chi connectivity index (χ0v) is 18.2. The topological polar surface area (TPSA) is 77.4 Å². The third-order valence-corrected chi connectivity index (χ3v) is 4.58. The van der Waals surface area contributed by atoms with Gasteiger partial charge in [-0.15, -0.1) is 6.42 Å². The third kappa shape index (κ3) is 5.20. The van der Waals surface area contributed by atoms with Crippen LogP contribution < -0.4 is 14.5 Å². The fourth-order valence-electron chi connectivity index (χ4n) is 3.06. The lowest BCUT2D eigenvalue weighted by Gasteiger charge is -2.12. The molecule has 176 valence electrons. The Kier molecular flexibility index (Phi) is 7.26. The van der Waals surface area contributed by atoms with Crippen LogP contribution in [-0.4, -0.2) is 44.1 Å². The molecule has 1 heterocycles. The van der Waals surface area contributed by atoms with Crippen molar-refractivity contribution < 1.29 is 37.0 Å². The van der Waals surface area contributed by atoms with Crippen molar-refractivity contribution in [3.05, 3.63) is 59.2 Å². The number of hydrogen-bond donors (Lipinski definition) is 0. The van der Waals surface area contributed by atoms with Crippen molar-refractivity contribution in [3.63, 3.8) is 0 Å². The second-order valence-electron chi connectivity index (χ2n) is 6.79. The molecule has 0 atom stereocenters. The molecule has 0 radical (unpaired) electrons. The van der Waals surface area contributed by atoms with Crippen molar-refractivity contribution in [2.24, 2.45) is 5.10 Å². The molecular formula is C24H19F3N2O5. The fraction of sp³-hybridized carbons (Fsp3) is 0.208. The van der Waals surface area contributed by atoms with Gasteiger partial charge in [-0.25, -0.2) is 4.79 Å². The van der Waals surface area contributed by atoms with Crippen molar-refractivity contribution in [2.75, 3.05) is 25.3 Å². The molecular weight excluding hydrogens is 453 g/mol. The van der Waals surface area contributed by atoms with E-state index in [1.807, 2.05) is 0 Å². The average Bonchev–Trinajstić information content (AvgIpc) is 3.14. The number of halogens is 3. The number of carbonyl (C=O) groups is 2. The Morgan fingerprint density at radius 1 is 1.18 bits per heavy atom. The Hall–Kier alpha value is -4.26. The first kappa shape index (κ1) is 24.4. The van der Waals surface area contributed by atoms with E-state index in [1.54, 1.807) is 6.92 Å². The van der Waals surface area contributed by atoms with Crippen LogP contribution in [0.25, 0.3) is 6.08 Å². The molecule has 10 heteroatoms. The van der Waals surface area contributed by atoms with Gasteiger partial charge in [0, 0.05) is 0 Å². The van der Waals surface area contributed by atoms with E-state index in [1.165, 1.54) is 49.6 Å². The van der Waals surface area contributed by atoms with Crippen LogP contribution >= 0.6 is 0 Å². The number of anilines is 1. The summed E-state index contributed by atoms with van der Waals surface area (Å²) in [5.74, 6) is 1.25. The van der Waals surface area contributed by atoms with E-state index >= 15 is 0 Å². The molecule has 1 amide bonds. The number of hydrazone groups is 1. The number of terminal acetylenes is 1. The van der Waals surface area contributed by atoms with Crippen LogP contribution in [0.1, 0.15) is 22.8 Å². The number of carbonyl (C=O) groups excluding carboxylic acids is 2. The highest BCUT2D eigenvalue weighted by atomic mass is 19.4. The maximum Gasteiger partial charge on any atom is 0.435 e. The summed E-state index contributed by atoms with van der Waals surface area (Å²) in [6, 6.07) is 9.64. The zero-order chi connectivity index (χ0) is 24.9. The Morgan fingerprint density at radius 2 is 1.88 bits per heavy atom. The Bertz CT molecular complexity index is 1190. The smallest absolute Gasteiger partial charge is 0.435 e. The molecule has 0 unspecified atom stereocenters. The number of hydrogen-bond acceptors (Lipinski definition) is 6. The summed E-state index contributed by atoms with van der Waals surface area (Å²) in [6.07, 6.45) is 1.34. The molecule has 0 saturated heterocycles. The lowest BCUT2D eigenvalue weighted by Crippen LogP contribution is -2.25. The number of ether oxygens (including phenoxy) is 3. The molecule has 0 aliphatic carbocycles. The maximum absolute atomic E-state index is 13.7. The number of benzene rings is 2. The van der Waals surface area contributed by atoms with Gasteiger partial charge in [0.05, 0.1) is 30.5 Å². The molecule has 1 aliphatic heterocycles. The SMILES string of the molecule is C#CCOc1ccc(C=C2C(=O)N(c3ccc(C(=O)OCC)cc3)N=C2C(F)(F)F)cc1OC. The van der Waals surface area contributed by atoms with Gasteiger partial charge in [0.25, 0.3) is 5.91 Å². The second kappa shape index (κ2) is 10.1. The summed E-state index contributed by atoms with van der Waals surface area (Å²) in [5.41, 5.74) is -1.50. The van der Waals surface area contributed by atoms with Crippen molar-refractivity contribution >= 4 is 29.4 Å². The van der Waals surface area contributed by atoms with Crippen molar-refractivity contribution in [3.8, 4) is 23.8 Å². The van der Waals surface area contributed by atoms with E-state index in [0.717, 1.165) is 6.08 Å². The van der Waals surface area contributed by atoms with Crippen molar-refractivity contribution in [2.45, 2.75) is 13.1 Å². The van der Waals surface area contributed by atoms with E-state index in [0.29, 0.717) is 10.8 Å². The monoisotopic (exact) mass is 472 g/mol. The van der Waals surface area contributed by atoms with Gasteiger partial charge >= 0.3 is 12.1 Å². The van der Waals surface area contributed by atoms with Gasteiger partial charge in [-0.1, -0.05) is 12.0 Å². The van der Waals surface area contributed by atoms with Gasteiger partial charge < -0.3 is 14.2 Å². The predicted octanol–water partition coefficient (Wildman–Crippen LogP) is 4.23. The normalized spacial score (nSPS) is 14.6. The fourth-order valence-corrected chi connectivity index (χ4v) is 3.06. The van der Waals surface area contributed by atoms with Crippen LogP contribution in [0.15, 0.2) is 53.1 Å². The standard InChI is InChI=1S/C24H19F3N2O5/c1-4-12-34-19-11-6-15(14-20(19)32-3)13-18-21(24(25,26)27)28-29(22(18)30)17-9-7-16(8-10-17)23(31)33-5-2/h1,6-11,13-14H,5,12H2,2-3H3. The second-order valence-corrected chi connectivity index (χ2v) is 6.79. The van der Waals surface area contributed by atoms with Crippen LogP contribution in [0, 0.1) is 12.3 Å². The quantitative estimate of drug-likeness (QED) is 0.342.